The van der Waals surface area contributed by atoms with E-state index in [0.29, 0.717) is 11.5 Å². The fourth-order valence-electron chi connectivity index (χ4n) is 2.35. The number of rotatable bonds is 9. The lowest BCUT2D eigenvalue weighted by Crippen LogP contribution is -2.26. The molecule has 0 spiro atoms. The first-order valence-electron chi connectivity index (χ1n) is 8.67. The summed E-state index contributed by atoms with van der Waals surface area (Å²) in [7, 11) is -3.70. The normalized spacial score (nSPS) is 11.4. The fraction of sp³-hybridized carbons (Fsp3) is 0.316. The summed E-state index contributed by atoms with van der Waals surface area (Å²) in [6, 6.07) is 12.2. The van der Waals surface area contributed by atoms with Crippen LogP contribution in [0.2, 0.25) is 0 Å². The maximum absolute atomic E-state index is 12.2. The molecule has 1 N–H and O–H groups in total. The number of nitrogens with one attached hydrogen (secondary N) is 1. The third-order valence-electron chi connectivity index (χ3n) is 4.03. The lowest BCUT2D eigenvalue weighted by molar-refractivity contribution is -0.384. The SMILES string of the molecule is CC(C)c1ccc(S(=O)(=O)NCCC(=O)OCc2ccc([N+](=O)[O-])cc2)cc1. The Morgan fingerprint density at radius 3 is 2.25 bits per heavy atom. The molecule has 0 aromatic heterocycles. The molecule has 0 aliphatic rings. The number of esters is 1. The summed E-state index contributed by atoms with van der Waals surface area (Å²) >= 11 is 0. The molecule has 0 saturated carbocycles. The number of sulfonamides is 1. The number of nitrogens with zero attached hydrogens (tertiary/aromatic N) is 1. The van der Waals surface area contributed by atoms with Crippen LogP contribution >= 0.6 is 0 Å². The first kappa shape index (κ1) is 21.5. The number of nitro groups is 1. The van der Waals surface area contributed by atoms with Gasteiger partial charge in [-0.05, 0) is 41.3 Å². The van der Waals surface area contributed by atoms with E-state index in [9.17, 15) is 23.3 Å². The molecule has 8 nitrogen and oxygen atoms in total. The van der Waals surface area contributed by atoms with Gasteiger partial charge in [0, 0.05) is 18.7 Å². The van der Waals surface area contributed by atoms with Crippen molar-refractivity contribution >= 4 is 21.7 Å². The van der Waals surface area contributed by atoms with E-state index in [1.165, 1.54) is 36.4 Å². The molecular formula is C19H22N2O6S. The molecule has 0 radical (unpaired) electrons. The van der Waals surface area contributed by atoms with E-state index >= 15 is 0 Å². The quantitative estimate of drug-likeness (QED) is 0.389. The molecule has 2 rings (SSSR count). The molecular weight excluding hydrogens is 384 g/mol. The Labute approximate surface area is 163 Å². The van der Waals surface area contributed by atoms with E-state index in [-0.39, 0.29) is 30.2 Å². The zero-order valence-electron chi connectivity index (χ0n) is 15.6. The molecule has 0 aliphatic heterocycles. The number of non-ortho nitro benzene ring substituents is 1. The second-order valence-corrected chi connectivity index (χ2v) is 8.22. The van der Waals surface area contributed by atoms with Crippen LogP contribution in [0, 0.1) is 10.1 Å². The number of benzene rings is 2. The van der Waals surface area contributed by atoms with Gasteiger partial charge in [-0.1, -0.05) is 26.0 Å². The van der Waals surface area contributed by atoms with Gasteiger partial charge in [0.1, 0.15) is 6.61 Å². The first-order valence-corrected chi connectivity index (χ1v) is 10.2. The van der Waals surface area contributed by atoms with Crippen LogP contribution in [-0.2, 0) is 26.2 Å². The van der Waals surface area contributed by atoms with Crippen LogP contribution in [0.15, 0.2) is 53.4 Å². The van der Waals surface area contributed by atoms with Crippen molar-refractivity contribution in [2.24, 2.45) is 0 Å². The Kier molecular flexibility index (Phi) is 7.24. The Bertz CT molecular complexity index is 922. The van der Waals surface area contributed by atoms with Crippen LogP contribution in [0.5, 0.6) is 0 Å². The lowest BCUT2D eigenvalue weighted by Gasteiger charge is -2.09. The van der Waals surface area contributed by atoms with Gasteiger partial charge >= 0.3 is 5.97 Å². The molecule has 2 aromatic rings. The Morgan fingerprint density at radius 1 is 1.11 bits per heavy atom. The maximum atomic E-state index is 12.2. The Morgan fingerprint density at radius 2 is 1.71 bits per heavy atom. The predicted molar refractivity (Wildman–Crippen MR) is 103 cm³/mol. The van der Waals surface area contributed by atoms with E-state index in [1.54, 1.807) is 12.1 Å². The zero-order chi connectivity index (χ0) is 20.7. The van der Waals surface area contributed by atoms with Crippen molar-refractivity contribution in [3.63, 3.8) is 0 Å². The van der Waals surface area contributed by atoms with Crippen LogP contribution < -0.4 is 4.72 Å². The molecule has 9 heteroatoms. The summed E-state index contributed by atoms with van der Waals surface area (Å²) in [5, 5.41) is 10.6. The molecule has 0 aliphatic carbocycles. The fourth-order valence-corrected chi connectivity index (χ4v) is 3.38. The number of ether oxygens (including phenoxy) is 1. The standard InChI is InChI=1S/C19H22N2O6S/c1-14(2)16-5-9-18(10-6-16)28(25,26)20-12-11-19(22)27-13-15-3-7-17(8-4-15)21(23)24/h3-10,14,20H,11-13H2,1-2H3. The summed E-state index contributed by atoms with van der Waals surface area (Å²) in [6.07, 6.45) is -0.129. The molecule has 0 saturated heterocycles. The van der Waals surface area contributed by atoms with Gasteiger partial charge in [0.25, 0.3) is 5.69 Å². The molecule has 2 aromatic carbocycles. The third-order valence-corrected chi connectivity index (χ3v) is 5.50. The molecule has 150 valence electrons. The van der Waals surface area contributed by atoms with Crippen LogP contribution in [0.25, 0.3) is 0 Å². The largest absolute Gasteiger partial charge is 0.461 e. The summed E-state index contributed by atoms with van der Waals surface area (Å²) in [6.45, 7) is 3.90. The van der Waals surface area contributed by atoms with E-state index < -0.39 is 20.9 Å². The summed E-state index contributed by atoms with van der Waals surface area (Å²) in [4.78, 5) is 22.0. The second kappa shape index (κ2) is 9.43. The summed E-state index contributed by atoms with van der Waals surface area (Å²) in [5.74, 6) is -0.272. The monoisotopic (exact) mass is 406 g/mol. The van der Waals surface area contributed by atoms with Crippen molar-refractivity contribution in [2.45, 2.75) is 37.7 Å². The second-order valence-electron chi connectivity index (χ2n) is 6.46. The highest BCUT2D eigenvalue weighted by atomic mass is 32.2. The van der Waals surface area contributed by atoms with Crippen molar-refractivity contribution in [2.75, 3.05) is 6.54 Å². The third kappa shape index (κ3) is 6.14. The Balaban J connectivity index is 1.79. The van der Waals surface area contributed by atoms with Gasteiger partial charge < -0.3 is 4.74 Å². The maximum Gasteiger partial charge on any atom is 0.307 e. The van der Waals surface area contributed by atoms with Crippen LogP contribution in [0.1, 0.15) is 37.3 Å². The number of carbonyl (C=O) groups is 1. The zero-order valence-corrected chi connectivity index (χ0v) is 16.4. The van der Waals surface area contributed by atoms with Crippen molar-refractivity contribution in [1.29, 1.82) is 0 Å². The van der Waals surface area contributed by atoms with Gasteiger partial charge in [-0.2, -0.15) is 0 Å². The molecule has 0 atom stereocenters. The molecule has 28 heavy (non-hydrogen) atoms. The number of hydrogen-bond acceptors (Lipinski definition) is 6. The van der Waals surface area contributed by atoms with Crippen molar-refractivity contribution in [1.82, 2.24) is 4.72 Å². The highest BCUT2D eigenvalue weighted by molar-refractivity contribution is 7.89. The van der Waals surface area contributed by atoms with Crippen molar-refractivity contribution in [3.05, 3.63) is 69.8 Å². The van der Waals surface area contributed by atoms with Gasteiger partial charge in [-0.3, -0.25) is 14.9 Å². The van der Waals surface area contributed by atoms with Gasteiger partial charge in [0.15, 0.2) is 0 Å². The van der Waals surface area contributed by atoms with Crippen LogP contribution in [-0.4, -0.2) is 25.9 Å². The average Bonchev–Trinajstić information content (AvgIpc) is 2.66. The van der Waals surface area contributed by atoms with E-state index in [4.69, 9.17) is 4.74 Å². The average molecular weight is 406 g/mol. The first-order chi connectivity index (χ1) is 13.2. The van der Waals surface area contributed by atoms with Gasteiger partial charge in [0.2, 0.25) is 10.0 Å². The van der Waals surface area contributed by atoms with E-state index in [2.05, 4.69) is 4.72 Å². The number of hydrogen-bond donors (Lipinski definition) is 1. The molecule has 0 bridgehead atoms. The summed E-state index contributed by atoms with van der Waals surface area (Å²) in [5.41, 5.74) is 1.59. The van der Waals surface area contributed by atoms with Gasteiger partial charge in [0.05, 0.1) is 16.2 Å². The minimum atomic E-state index is -3.70. The van der Waals surface area contributed by atoms with Gasteiger partial charge in [-0.25, -0.2) is 13.1 Å². The number of nitro benzene ring substituents is 1. The predicted octanol–water partition coefficient (Wildman–Crippen LogP) is 3.13. The minimum absolute atomic E-state index is 0.0414. The highest BCUT2D eigenvalue weighted by Crippen LogP contribution is 2.17. The molecule has 0 unspecified atom stereocenters. The lowest BCUT2D eigenvalue weighted by atomic mass is 10.0. The number of carbonyl (C=O) groups excluding carboxylic acids is 1. The van der Waals surface area contributed by atoms with Gasteiger partial charge in [-0.15, -0.1) is 0 Å². The minimum Gasteiger partial charge on any atom is -0.461 e. The van der Waals surface area contributed by atoms with E-state index in [1.807, 2.05) is 13.8 Å². The Hall–Kier alpha value is -2.78. The molecule has 0 heterocycles. The molecule has 0 fully saturated rings. The topological polar surface area (TPSA) is 116 Å². The smallest absolute Gasteiger partial charge is 0.307 e. The van der Waals surface area contributed by atoms with Crippen molar-refractivity contribution in [3.8, 4) is 0 Å². The van der Waals surface area contributed by atoms with Crippen LogP contribution in [0.4, 0.5) is 5.69 Å². The van der Waals surface area contributed by atoms with Crippen LogP contribution in [0.3, 0.4) is 0 Å². The highest BCUT2D eigenvalue weighted by Gasteiger charge is 2.15. The summed E-state index contributed by atoms with van der Waals surface area (Å²) < 4.78 is 31.9. The molecule has 0 amide bonds. The van der Waals surface area contributed by atoms with Crippen molar-refractivity contribution < 1.29 is 22.9 Å². The van der Waals surface area contributed by atoms with E-state index in [0.717, 1.165) is 5.56 Å².